The molecule has 0 bridgehead atoms. The quantitative estimate of drug-likeness (QED) is 0.793. The second kappa shape index (κ2) is 6.91. The summed E-state index contributed by atoms with van der Waals surface area (Å²) in [4.78, 5) is 12.0. The molecule has 0 atom stereocenters. The molecule has 20 heavy (non-hydrogen) atoms. The van der Waals surface area contributed by atoms with Gasteiger partial charge in [-0.25, -0.2) is 8.42 Å². The summed E-state index contributed by atoms with van der Waals surface area (Å²) in [6, 6.07) is 2.69. The number of benzene rings is 1. The van der Waals surface area contributed by atoms with Crippen LogP contribution in [0, 0.1) is 12.8 Å². The van der Waals surface area contributed by atoms with E-state index < -0.39 is 9.05 Å². The molecule has 0 saturated carbocycles. The lowest BCUT2D eigenvalue weighted by atomic mass is 10.1. The molecule has 0 heterocycles. The first-order chi connectivity index (χ1) is 9.12. The molecule has 0 aromatic heterocycles. The van der Waals surface area contributed by atoms with E-state index in [0.717, 1.165) is 6.42 Å². The zero-order valence-electron chi connectivity index (χ0n) is 11.5. The van der Waals surface area contributed by atoms with E-state index in [4.69, 9.17) is 10.7 Å². The molecule has 4 nitrogen and oxygen atoms in total. The Labute approximate surface area is 132 Å². The molecule has 1 rings (SSSR count). The molecule has 0 fully saturated rings. The zero-order valence-corrected chi connectivity index (χ0v) is 14.7. The van der Waals surface area contributed by atoms with Crippen LogP contribution >= 0.6 is 26.6 Å². The molecule has 0 aliphatic heterocycles. The monoisotopic (exact) mass is 381 g/mol. The number of rotatable bonds is 5. The van der Waals surface area contributed by atoms with Gasteiger partial charge in [0, 0.05) is 27.3 Å². The molecule has 0 spiro atoms. The van der Waals surface area contributed by atoms with Crippen molar-refractivity contribution >= 4 is 41.6 Å². The summed E-state index contributed by atoms with van der Waals surface area (Å²) in [5.74, 6) is 0.184. The molecular weight excluding hydrogens is 366 g/mol. The topological polar surface area (TPSA) is 63.2 Å². The largest absolute Gasteiger partial charge is 0.352 e. The first kappa shape index (κ1) is 17.5. The van der Waals surface area contributed by atoms with Crippen LogP contribution in [0.4, 0.5) is 0 Å². The maximum atomic E-state index is 12.1. The molecular formula is C13H17BrClNO3S. The van der Waals surface area contributed by atoms with E-state index in [2.05, 4.69) is 35.1 Å². The Morgan fingerprint density at radius 3 is 2.50 bits per heavy atom. The lowest BCUT2D eigenvalue weighted by Crippen LogP contribution is -2.26. The summed E-state index contributed by atoms with van der Waals surface area (Å²) in [5, 5.41) is 2.78. The highest BCUT2D eigenvalue weighted by Gasteiger charge is 2.18. The summed E-state index contributed by atoms with van der Waals surface area (Å²) >= 11 is 3.25. The van der Waals surface area contributed by atoms with E-state index in [1.165, 1.54) is 12.1 Å². The Morgan fingerprint density at radius 1 is 1.40 bits per heavy atom. The predicted octanol–water partition coefficient (Wildman–Crippen LogP) is 3.46. The van der Waals surface area contributed by atoms with Crippen molar-refractivity contribution in [1.82, 2.24) is 5.32 Å². The fourth-order valence-corrected chi connectivity index (χ4v) is 3.00. The van der Waals surface area contributed by atoms with Crippen LogP contribution in [0.15, 0.2) is 21.5 Å². The van der Waals surface area contributed by atoms with E-state index in [9.17, 15) is 13.2 Å². The van der Waals surface area contributed by atoms with Crippen molar-refractivity contribution in [2.24, 2.45) is 5.92 Å². The highest BCUT2D eigenvalue weighted by Crippen LogP contribution is 2.26. The van der Waals surface area contributed by atoms with Crippen molar-refractivity contribution < 1.29 is 13.2 Å². The van der Waals surface area contributed by atoms with Crippen LogP contribution in [0.3, 0.4) is 0 Å². The summed E-state index contributed by atoms with van der Waals surface area (Å²) in [5.41, 5.74) is 0.985. The molecule has 0 radical (unpaired) electrons. The van der Waals surface area contributed by atoms with Crippen LogP contribution < -0.4 is 5.32 Å². The lowest BCUT2D eigenvalue weighted by molar-refractivity contribution is 0.0951. The van der Waals surface area contributed by atoms with Gasteiger partial charge < -0.3 is 5.32 Å². The summed E-state index contributed by atoms with van der Waals surface area (Å²) in [7, 11) is 1.46. The fraction of sp³-hybridized carbons (Fsp3) is 0.462. The standard InChI is InChI=1S/C13H17BrClNO3S/c1-8(2)4-5-16-13(17)11-6-10(20(15,18)19)7-12(14)9(11)3/h6-8H,4-5H2,1-3H3,(H,16,17). The van der Waals surface area contributed by atoms with E-state index in [1.807, 2.05) is 0 Å². The molecule has 1 aromatic rings. The summed E-state index contributed by atoms with van der Waals surface area (Å²) in [6.45, 7) is 6.42. The third-order valence-corrected chi connectivity index (χ3v) is 5.01. The summed E-state index contributed by atoms with van der Waals surface area (Å²) < 4.78 is 23.3. The first-order valence-corrected chi connectivity index (χ1v) is 9.26. The van der Waals surface area contributed by atoms with Crippen molar-refractivity contribution in [3.63, 3.8) is 0 Å². The van der Waals surface area contributed by atoms with Gasteiger partial charge in [-0.1, -0.05) is 29.8 Å². The van der Waals surface area contributed by atoms with Crippen LogP contribution in [0.25, 0.3) is 0 Å². The van der Waals surface area contributed by atoms with Gasteiger partial charge in [0.25, 0.3) is 15.0 Å². The molecule has 0 unspecified atom stereocenters. The van der Waals surface area contributed by atoms with Gasteiger partial charge >= 0.3 is 0 Å². The van der Waals surface area contributed by atoms with Crippen molar-refractivity contribution in [3.8, 4) is 0 Å². The van der Waals surface area contributed by atoms with E-state index in [0.29, 0.717) is 28.1 Å². The molecule has 0 aliphatic carbocycles. The van der Waals surface area contributed by atoms with Crippen molar-refractivity contribution in [2.45, 2.75) is 32.1 Å². The molecule has 1 aromatic carbocycles. The maximum absolute atomic E-state index is 12.1. The minimum absolute atomic E-state index is 0.0920. The van der Waals surface area contributed by atoms with E-state index in [-0.39, 0.29) is 10.8 Å². The molecule has 112 valence electrons. The lowest BCUT2D eigenvalue weighted by Gasteiger charge is -2.11. The van der Waals surface area contributed by atoms with Gasteiger partial charge in [0.15, 0.2) is 0 Å². The van der Waals surface area contributed by atoms with Crippen LogP contribution in [0.1, 0.15) is 36.2 Å². The average Bonchev–Trinajstić information content (AvgIpc) is 2.30. The van der Waals surface area contributed by atoms with Gasteiger partial charge in [0.2, 0.25) is 0 Å². The van der Waals surface area contributed by atoms with Crippen molar-refractivity contribution in [2.75, 3.05) is 6.54 Å². The smallest absolute Gasteiger partial charge is 0.261 e. The van der Waals surface area contributed by atoms with Crippen molar-refractivity contribution in [1.29, 1.82) is 0 Å². The Balaban J connectivity index is 3.05. The van der Waals surface area contributed by atoms with Crippen molar-refractivity contribution in [3.05, 3.63) is 27.7 Å². The average molecular weight is 383 g/mol. The summed E-state index contributed by atoms with van der Waals surface area (Å²) in [6.07, 6.45) is 0.861. The molecule has 1 N–H and O–H groups in total. The zero-order chi connectivity index (χ0) is 15.5. The SMILES string of the molecule is Cc1c(Br)cc(S(=O)(=O)Cl)cc1C(=O)NCCC(C)C. The normalized spacial score (nSPS) is 11.7. The second-order valence-electron chi connectivity index (χ2n) is 4.95. The van der Waals surface area contributed by atoms with Gasteiger partial charge in [0.1, 0.15) is 0 Å². The number of hydrogen-bond acceptors (Lipinski definition) is 3. The Bertz CT molecular complexity index is 614. The number of halogens is 2. The third-order valence-electron chi connectivity index (χ3n) is 2.85. The minimum atomic E-state index is -3.87. The molecule has 7 heteroatoms. The minimum Gasteiger partial charge on any atom is -0.352 e. The van der Waals surface area contributed by atoms with E-state index >= 15 is 0 Å². The van der Waals surface area contributed by atoms with Gasteiger partial charge in [0.05, 0.1) is 4.90 Å². The van der Waals surface area contributed by atoms with Gasteiger partial charge in [-0.3, -0.25) is 4.79 Å². The number of hydrogen-bond donors (Lipinski definition) is 1. The Kier molecular flexibility index (Phi) is 6.04. The fourth-order valence-electron chi connectivity index (χ4n) is 1.60. The predicted molar refractivity (Wildman–Crippen MR) is 83.7 cm³/mol. The van der Waals surface area contributed by atoms with Gasteiger partial charge in [-0.05, 0) is 37.0 Å². The number of carbonyl (C=O) groups excluding carboxylic acids is 1. The van der Waals surface area contributed by atoms with E-state index in [1.54, 1.807) is 6.92 Å². The third kappa shape index (κ3) is 4.75. The Hall–Kier alpha value is -0.590. The first-order valence-electron chi connectivity index (χ1n) is 6.16. The van der Waals surface area contributed by atoms with Crippen LogP contribution in [0.2, 0.25) is 0 Å². The van der Waals surface area contributed by atoms with Crippen LogP contribution in [0.5, 0.6) is 0 Å². The highest BCUT2D eigenvalue weighted by atomic mass is 79.9. The van der Waals surface area contributed by atoms with Gasteiger partial charge in [-0.2, -0.15) is 0 Å². The number of carbonyl (C=O) groups is 1. The van der Waals surface area contributed by atoms with Gasteiger partial charge in [-0.15, -0.1) is 0 Å². The second-order valence-corrected chi connectivity index (χ2v) is 8.37. The Morgan fingerprint density at radius 2 is 2.00 bits per heavy atom. The molecule has 0 aliphatic rings. The van der Waals surface area contributed by atoms with Crippen LogP contribution in [-0.2, 0) is 9.05 Å². The molecule has 1 amide bonds. The molecule has 0 saturated heterocycles. The number of amides is 1. The maximum Gasteiger partial charge on any atom is 0.261 e. The van der Waals surface area contributed by atoms with Crippen LogP contribution in [-0.4, -0.2) is 20.9 Å². The highest BCUT2D eigenvalue weighted by molar-refractivity contribution is 9.10. The number of nitrogens with one attached hydrogen (secondary N) is 1.